The summed E-state index contributed by atoms with van der Waals surface area (Å²) in [6.07, 6.45) is 1.28. The topological polar surface area (TPSA) is 43.4 Å². The summed E-state index contributed by atoms with van der Waals surface area (Å²) in [6.45, 7) is 3.61. The van der Waals surface area contributed by atoms with Gasteiger partial charge in [-0.25, -0.2) is 12.8 Å². The van der Waals surface area contributed by atoms with Crippen LogP contribution in [0, 0.1) is 5.82 Å². The van der Waals surface area contributed by atoms with Crippen LogP contribution in [0.5, 0.6) is 0 Å². The van der Waals surface area contributed by atoms with Gasteiger partial charge in [-0.3, -0.25) is 0 Å². The monoisotopic (exact) mass is 256 g/mol. The summed E-state index contributed by atoms with van der Waals surface area (Å²) in [5, 5.41) is 0. The van der Waals surface area contributed by atoms with E-state index in [0.717, 1.165) is 0 Å². The smallest absolute Gasteiger partial charge is 0.205 e. The van der Waals surface area contributed by atoms with E-state index in [-0.39, 0.29) is 28.1 Å². The average Bonchev–Trinajstić information content (AvgIpc) is 2.50. The van der Waals surface area contributed by atoms with Gasteiger partial charge in [-0.05, 0) is 32.1 Å². The number of halogens is 1. The summed E-state index contributed by atoms with van der Waals surface area (Å²) < 4.78 is 42.8. The van der Waals surface area contributed by atoms with Crippen molar-refractivity contribution in [1.82, 2.24) is 0 Å². The van der Waals surface area contributed by atoms with Crippen LogP contribution >= 0.6 is 0 Å². The molecule has 0 saturated heterocycles. The number of hydrogen-bond donors (Lipinski definition) is 0. The molecule has 0 amide bonds. The molecule has 0 unspecified atom stereocenters. The number of rotatable bonds is 3. The van der Waals surface area contributed by atoms with Crippen LogP contribution in [-0.2, 0) is 14.6 Å². The second kappa shape index (κ2) is 4.23. The first-order chi connectivity index (χ1) is 7.93. The number of sulfone groups is 1. The molecule has 0 radical (unpaired) electrons. The van der Waals surface area contributed by atoms with Crippen molar-refractivity contribution >= 4 is 15.9 Å². The van der Waals surface area contributed by atoms with Crippen molar-refractivity contribution in [2.45, 2.75) is 24.8 Å². The Hall–Kier alpha value is -1.20. The van der Waals surface area contributed by atoms with Crippen LogP contribution < -0.4 is 0 Å². The molecule has 0 atom stereocenters. The normalized spacial score (nSPS) is 17.1. The molecule has 0 fully saturated rings. The number of hydrogen-bond acceptors (Lipinski definition) is 3. The average molecular weight is 256 g/mol. The first-order valence-corrected chi connectivity index (χ1v) is 6.77. The zero-order valence-corrected chi connectivity index (χ0v) is 10.4. The van der Waals surface area contributed by atoms with Crippen molar-refractivity contribution in [1.29, 1.82) is 0 Å². The molecule has 1 aliphatic heterocycles. The maximum atomic E-state index is 13.5. The second-order valence-electron chi connectivity index (χ2n) is 4.13. The van der Waals surface area contributed by atoms with Gasteiger partial charge >= 0.3 is 0 Å². The number of fused-ring (bicyclic) bond motifs is 1. The van der Waals surface area contributed by atoms with Gasteiger partial charge in [0, 0.05) is 5.56 Å². The van der Waals surface area contributed by atoms with Gasteiger partial charge in [-0.2, -0.15) is 0 Å². The fourth-order valence-corrected chi connectivity index (χ4v) is 3.12. The summed E-state index contributed by atoms with van der Waals surface area (Å²) in [5.41, 5.74) is 0.134. The molecule has 1 aromatic carbocycles. The summed E-state index contributed by atoms with van der Waals surface area (Å²) in [7, 11) is -3.57. The van der Waals surface area contributed by atoms with Crippen molar-refractivity contribution in [3.05, 3.63) is 34.5 Å². The number of benzene rings is 1. The van der Waals surface area contributed by atoms with E-state index in [0.29, 0.717) is 0 Å². The van der Waals surface area contributed by atoms with E-state index in [9.17, 15) is 12.8 Å². The Labute approximate surface area is 99.8 Å². The molecule has 5 heteroatoms. The highest BCUT2D eigenvalue weighted by molar-refractivity contribution is 7.95. The van der Waals surface area contributed by atoms with E-state index in [1.165, 1.54) is 24.3 Å². The van der Waals surface area contributed by atoms with Gasteiger partial charge < -0.3 is 4.74 Å². The summed E-state index contributed by atoms with van der Waals surface area (Å²) in [5.74, 6) is -0.523. The van der Waals surface area contributed by atoms with Gasteiger partial charge in [0.2, 0.25) is 9.84 Å². The molecule has 0 N–H and O–H groups in total. The predicted molar refractivity (Wildman–Crippen MR) is 62.7 cm³/mol. The lowest BCUT2D eigenvalue weighted by molar-refractivity contribution is 0.101. The van der Waals surface area contributed by atoms with Gasteiger partial charge in [-0.15, -0.1) is 0 Å². The van der Waals surface area contributed by atoms with Crippen LogP contribution in [0.25, 0.3) is 6.08 Å². The molecule has 1 aromatic rings. The number of ether oxygens (including phenoxy) is 1. The van der Waals surface area contributed by atoms with Gasteiger partial charge in [0.25, 0.3) is 0 Å². The third kappa shape index (κ3) is 2.12. The van der Waals surface area contributed by atoms with Crippen molar-refractivity contribution in [2.75, 3.05) is 6.61 Å². The molecule has 0 aliphatic carbocycles. The minimum Gasteiger partial charge on any atom is -0.373 e. The van der Waals surface area contributed by atoms with Crippen LogP contribution in [0.1, 0.15) is 19.4 Å². The maximum absolute atomic E-state index is 13.5. The molecule has 17 heavy (non-hydrogen) atoms. The molecule has 1 heterocycles. The molecule has 0 saturated carbocycles. The third-order valence-electron chi connectivity index (χ3n) is 2.51. The van der Waals surface area contributed by atoms with E-state index in [2.05, 4.69) is 0 Å². The van der Waals surface area contributed by atoms with Crippen LogP contribution in [0.3, 0.4) is 0 Å². The minimum absolute atomic E-state index is 0.0197. The van der Waals surface area contributed by atoms with E-state index in [1.807, 2.05) is 13.8 Å². The summed E-state index contributed by atoms with van der Waals surface area (Å²) >= 11 is 0. The predicted octanol–water partition coefficient (Wildman–Crippen LogP) is 2.38. The first kappa shape index (κ1) is 12.3. The Balaban J connectivity index is 2.40. The molecule has 2 rings (SSSR count). The lowest BCUT2D eigenvalue weighted by Crippen LogP contribution is -2.10. The van der Waals surface area contributed by atoms with E-state index < -0.39 is 15.7 Å². The zero-order chi connectivity index (χ0) is 12.6. The Bertz CT molecular complexity index is 573. The highest BCUT2D eigenvalue weighted by atomic mass is 32.2. The highest BCUT2D eigenvalue weighted by Crippen LogP contribution is 2.34. The Morgan fingerprint density at radius 3 is 2.65 bits per heavy atom. The maximum Gasteiger partial charge on any atom is 0.205 e. The van der Waals surface area contributed by atoms with E-state index in [4.69, 9.17) is 4.74 Å². The van der Waals surface area contributed by atoms with Crippen molar-refractivity contribution in [2.24, 2.45) is 0 Å². The van der Waals surface area contributed by atoms with Gasteiger partial charge in [0.15, 0.2) is 0 Å². The molecule has 1 aliphatic rings. The highest BCUT2D eigenvalue weighted by Gasteiger charge is 2.31. The van der Waals surface area contributed by atoms with Gasteiger partial charge in [0.1, 0.15) is 5.82 Å². The standard InChI is InChI=1S/C12H13FO3S/c1-8(2)16-7-9-6-10-11(13)4-3-5-12(10)17(9,14)15/h3-6,8H,7H2,1-2H3. The van der Waals surface area contributed by atoms with E-state index >= 15 is 0 Å². The van der Waals surface area contributed by atoms with Crippen LogP contribution in [0.4, 0.5) is 4.39 Å². The Kier molecular flexibility index (Phi) is 3.05. The van der Waals surface area contributed by atoms with Crippen molar-refractivity contribution in [3.8, 4) is 0 Å². The van der Waals surface area contributed by atoms with Gasteiger partial charge in [0.05, 0.1) is 22.5 Å². The second-order valence-corrected chi connectivity index (χ2v) is 6.10. The molecule has 3 nitrogen and oxygen atoms in total. The lowest BCUT2D eigenvalue weighted by atomic mass is 10.2. The molecule has 0 spiro atoms. The minimum atomic E-state index is -3.57. The first-order valence-electron chi connectivity index (χ1n) is 5.28. The zero-order valence-electron chi connectivity index (χ0n) is 9.60. The molecule has 0 aromatic heterocycles. The molecule has 0 bridgehead atoms. The van der Waals surface area contributed by atoms with E-state index in [1.54, 1.807) is 0 Å². The summed E-state index contributed by atoms with van der Waals surface area (Å²) in [4.78, 5) is 0.145. The Morgan fingerprint density at radius 2 is 2.06 bits per heavy atom. The SMILES string of the molecule is CC(C)OCC1=Cc2c(F)cccc2S1(=O)=O. The quantitative estimate of drug-likeness (QED) is 0.834. The fraction of sp³-hybridized carbons (Fsp3) is 0.333. The van der Waals surface area contributed by atoms with Crippen LogP contribution in [0.2, 0.25) is 0 Å². The molecular formula is C12H13FO3S. The molecule has 92 valence electrons. The van der Waals surface area contributed by atoms with Crippen LogP contribution in [0.15, 0.2) is 28.0 Å². The fourth-order valence-electron chi connectivity index (χ4n) is 1.64. The summed E-state index contributed by atoms with van der Waals surface area (Å²) in [6, 6.07) is 4.05. The Morgan fingerprint density at radius 1 is 1.35 bits per heavy atom. The van der Waals surface area contributed by atoms with Crippen molar-refractivity contribution in [3.63, 3.8) is 0 Å². The lowest BCUT2D eigenvalue weighted by Gasteiger charge is -2.08. The van der Waals surface area contributed by atoms with Crippen molar-refractivity contribution < 1.29 is 17.5 Å². The largest absolute Gasteiger partial charge is 0.373 e. The van der Waals surface area contributed by atoms with Gasteiger partial charge in [-0.1, -0.05) is 6.07 Å². The molecular weight excluding hydrogens is 243 g/mol. The van der Waals surface area contributed by atoms with Crippen LogP contribution in [-0.4, -0.2) is 21.1 Å². The third-order valence-corrected chi connectivity index (χ3v) is 4.37.